The fraction of sp³-hybridized carbons (Fsp3) is 0.300. The molecule has 3 N–H and O–H groups in total. The number of carbonyl (C=O) groups is 1. The van der Waals surface area contributed by atoms with Crippen LogP contribution in [-0.4, -0.2) is 17.2 Å². The summed E-state index contributed by atoms with van der Waals surface area (Å²) in [4.78, 5) is 10.9. The number of rotatable bonds is 2. The molecule has 0 unspecified atom stereocenters. The van der Waals surface area contributed by atoms with Crippen LogP contribution in [0.5, 0.6) is 0 Å². The molecule has 6 heteroatoms. The van der Waals surface area contributed by atoms with Crippen molar-refractivity contribution in [3.63, 3.8) is 0 Å². The molecular formula is C10H10F3NO2. The average molecular weight is 233 g/mol. The summed E-state index contributed by atoms with van der Waals surface area (Å²) in [6, 6.07) is 4.82. The minimum atomic E-state index is -4.88. The van der Waals surface area contributed by atoms with Gasteiger partial charge < -0.3 is 10.8 Å². The van der Waals surface area contributed by atoms with Crippen LogP contribution in [0.25, 0.3) is 0 Å². The molecule has 3 nitrogen and oxygen atoms in total. The monoisotopic (exact) mass is 233 g/mol. The second-order valence-corrected chi connectivity index (χ2v) is 3.48. The zero-order valence-corrected chi connectivity index (χ0v) is 8.38. The number of primary amides is 1. The Hall–Kier alpha value is -1.56. The van der Waals surface area contributed by atoms with E-state index in [1.54, 1.807) is 0 Å². The van der Waals surface area contributed by atoms with Gasteiger partial charge in [-0.15, -0.1) is 0 Å². The zero-order valence-electron chi connectivity index (χ0n) is 8.38. The second kappa shape index (κ2) is 3.79. The van der Waals surface area contributed by atoms with E-state index >= 15 is 0 Å². The molecule has 1 rings (SSSR count). The van der Waals surface area contributed by atoms with Gasteiger partial charge in [0.05, 0.1) is 0 Å². The minimum absolute atomic E-state index is 0.343. The molecular weight excluding hydrogens is 223 g/mol. The van der Waals surface area contributed by atoms with Crippen molar-refractivity contribution in [1.82, 2.24) is 0 Å². The van der Waals surface area contributed by atoms with Gasteiger partial charge in [-0.25, -0.2) is 0 Å². The Bertz CT molecular complexity index is 413. The third-order valence-corrected chi connectivity index (χ3v) is 2.27. The first-order valence-electron chi connectivity index (χ1n) is 4.36. The number of alkyl halides is 3. The standard InChI is InChI=1S/C10H10F3NO2/c1-9(16,10(11,12)13)7-5-3-2-4-6(7)8(14)15/h2-5,16H,1H3,(H2,14,15)/t9-/m0/s1. The Morgan fingerprint density at radius 3 is 2.25 bits per heavy atom. The summed E-state index contributed by atoms with van der Waals surface area (Å²) in [7, 11) is 0. The Morgan fingerprint density at radius 2 is 1.81 bits per heavy atom. The van der Waals surface area contributed by atoms with Crippen molar-refractivity contribution < 1.29 is 23.1 Å². The van der Waals surface area contributed by atoms with E-state index in [-0.39, 0.29) is 5.56 Å². The fourth-order valence-electron chi connectivity index (χ4n) is 1.28. The van der Waals surface area contributed by atoms with Crippen LogP contribution in [-0.2, 0) is 5.60 Å². The van der Waals surface area contributed by atoms with E-state index < -0.39 is 23.2 Å². The van der Waals surface area contributed by atoms with Gasteiger partial charge in [0.15, 0.2) is 5.60 Å². The number of hydrogen-bond donors (Lipinski definition) is 2. The predicted octanol–water partition coefficient (Wildman–Crippen LogP) is 1.56. The molecule has 0 saturated heterocycles. The molecule has 1 aromatic carbocycles. The van der Waals surface area contributed by atoms with Crippen molar-refractivity contribution in [2.24, 2.45) is 5.73 Å². The lowest BCUT2D eigenvalue weighted by atomic mass is 9.90. The Labute approximate surface area is 89.7 Å². The maximum Gasteiger partial charge on any atom is 0.421 e. The van der Waals surface area contributed by atoms with Crippen molar-refractivity contribution in [3.8, 4) is 0 Å². The molecule has 0 saturated carbocycles. The lowest BCUT2D eigenvalue weighted by Crippen LogP contribution is -2.40. The summed E-state index contributed by atoms with van der Waals surface area (Å²) in [6.45, 7) is 0.578. The molecule has 0 aliphatic rings. The molecule has 1 amide bonds. The first kappa shape index (κ1) is 12.5. The predicted molar refractivity (Wildman–Crippen MR) is 50.6 cm³/mol. The summed E-state index contributed by atoms with van der Waals surface area (Å²) in [5.41, 5.74) is 0.950. The number of carbonyl (C=O) groups excluding carboxylic acids is 1. The highest BCUT2D eigenvalue weighted by Gasteiger charge is 2.52. The molecule has 0 spiro atoms. The number of amides is 1. The van der Waals surface area contributed by atoms with E-state index in [9.17, 15) is 23.1 Å². The highest BCUT2D eigenvalue weighted by molar-refractivity contribution is 5.94. The molecule has 16 heavy (non-hydrogen) atoms. The summed E-state index contributed by atoms with van der Waals surface area (Å²) in [6.07, 6.45) is -4.88. The number of halogens is 3. The van der Waals surface area contributed by atoms with Gasteiger partial charge in [-0.05, 0) is 13.0 Å². The largest absolute Gasteiger partial charge is 0.421 e. The third kappa shape index (κ3) is 2.01. The first-order chi connectivity index (χ1) is 7.18. The summed E-state index contributed by atoms with van der Waals surface area (Å²) in [5, 5.41) is 9.42. The van der Waals surface area contributed by atoms with E-state index in [0.717, 1.165) is 12.1 Å². The van der Waals surface area contributed by atoms with Gasteiger partial charge in [-0.1, -0.05) is 18.2 Å². The zero-order chi connectivity index (χ0) is 12.6. The molecule has 88 valence electrons. The number of aliphatic hydroxyl groups is 1. The maximum atomic E-state index is 12.6. The van der Waals surface area contributed by atoms with Gasteiger partial charge in [0, 0.05) is 11.1 Å². The van der Waals surface area contributed by atoms with Gasteiger partial charge in [-0.2, -0.15) is 13.2 Å². The van der Waals surface area contributed by atoms with Crippen molar-refractivity contribution in [2.45, 2.75) is 18.7 Å². The van der Waals surface area contributed by atoms with Crippen molar-refractivity contribution in [1.29, 1.82) is 0 Å². The van der Waals surface area contributed by atoms with Crippen LogP contribution in [0.4, 0.5) is 13.2 Å². The van der Waals surface area contributed by atoms with Gasteiger partial charge in [0.25, 0.3) is 0 Å². The Morgan fingerprint density at radius 1 is 1.31 bits per heavy atom. The van der Waals surface area contributed by atoms with E-state index in [1.807, 2.05) is 0 Å². The molecule has 0 aromatic heterocycles. The number of benzene rings is 1. The van der Waals surface area contributed by atoms with Gasteiger partial charge >= 0.3 is 6.18 Å². The first-order valence-corrected chi connectivity index (χ1v) is 4.36. The SMILES string of the molecule is C[C@](O)(c1ccccc1C(N)=O)C(F)(F)F. The molecule has 0 bridgehead atoms. The lowest BCUT2D eigenvalue weighted by molar-refractivity contribution is -0.259. The molecule has 0 aliphatic carbocycles. The number of hydrogen-bond acceptors (Lipinski definition) is 2. The van der Waals surface area contributed by atoms with Gasteiger partial charge in [0.1, 0.15) is 0 Å². The quantitative estimate of drug-likeness (QED) is 0.814. The average Bonchev–Trinajstić information content (AvgIpc) is 2.16. The molecule has 1 aromatic rings. The second-order valence-electron chi connectivity index (χ2n) is 3.48. The van der Waals surface area contributed by atoms with Crippen LogP contribution in [0.2, 0.25) is 0 Å². The van der Waals surface area contributed by atoms with Crippen molar-refractivity contribution in [3.05, 3.63) is 35.4 Å². The maximum absolute atomic E-state index is 12.6. The highest BCUT2D eigenvalue weighted by atomic mass is 19.4. The molecule has 0 fully saturated rings. The van der Waals surface area contributed by atoms with Crippen LogP contribution < -0.4 is 5.73 Å². The van der Waals surface area contributed by atoms with E-state index in [1.165, 1.54) is 12.1 Å². The van der Waals surface area contributed by atoms with E-state index in [2.05, 4.69) is 0 Å². The van der Waals surface area contributed by atoms with Crippen molar-refractivity contribution in [2.75, 3.05) is 0 Å². The van der Waals surface area contributed by atoms with Crippen molar-refractivity contribution >= 4 is 5.91 Å². The smallest absolute Gasteiger partial charge is 0.376 e. The Kier molecular flexibility index (Phi) is 2.96. The van der Waals surface area contributed by atoms with Crippen LogP contribution in [0.15, 0.2) is 24.3 Å². The minimum Gasteiger partial charge on any atom is -0.376 e. The van der Waals surface area contributed by atoms with E-state index in [0.29, 0.717) is 6.92 Å². The lowest BCUT2D eigenvalue weighted by Gasteiger charge is -2.28. The fourth-order valence-corrected chi connectivity index (χ4v) is 1.28. The topological polar surface area (TPSA) is 63.3 Å². The Balaban J connectivity index is 3.39. The van der Waals surface area contributed by atoms with Crippen LogP contribution >= 0.6 is 0 Å². The van der Waals surface area contributed by atoms with Gasteiger partial charge in [0.2, 0.25) is 5.91 Å². The van der Waals surface area contributed by atoms with Crippen LogP contribution in [0, 0.1) is 0 Å². The molecule has 1 atom stereocenters. The highest BCUT2D eigenvalue weighted by Crippen LogP contribution is 2.39. The normalized spacial score (nSPS) is 15.6. The summed E-state index contributed by atoms with van der Waals surface area (Å²) in [5.74, 6) is -1.01. The molecule has 0 aliphatic heterocycles. The molecule has 0 radical (unpaired) electrons. The van der Waals surface area contributed by atoms with Crippen LogP contribution in [0.3, 0.4) is 0 Å². The third-order valence-electron chi connectivity index (χ3n) is 2.27. The molecule has 0 heterocycles. The summed E-state index contributed by atoms with van der Waals surface area (Å²) >= 11 is 0. The number of nitrogens with two attached hydrogens (primary N) is 1. The van der Waals surface area contributed by atoms with E-state index in [4.69, 9.17) is 5.73 Å². The van der Waals surface area contributed by atoms with Gasteiger partial charge in [-0.3, -0.25) is 4.79 Å². The summed E-state index contributed by atoms with van der Waals surface area (Å²) < 4.78 is 37.7. The van der Waals surface area contributed by atoms with Crippen LogP contribution in [0.1, 0.15) is 22.8 Å².